The molecule has 1 amide bonds. The van der Waals surface area contributed by atoms with Gasteiger partial charge in [-0.2, -0.15) is 9.90 Å². The van der Waals surface area contributed by atoms with Gasteiger partial charge >= 0.3 is 0 Å². The van der Waals surface area contributed by atoms with Gasteiger partial charge in [0.1, 0.15) is 12.3 Å². The van der Waals surface area contributed by atoms with Crippen molar-refractivity contribution in [2.45, 2.75) is 6.54 Å². The van der Waals surface area contributed by atoms with Gasteiger partial charge in [-0.1, -0.05) is 12.1 Å². The summed E-state index contributed by atoms with van der Waals surface area (Å²) in [6.45, 7) is -0.0713. The highest BCUT2D eigenvalue weighted by Gasteiger charge is 2.02. The average Bonchev–Trinajstić information content (AvgIpc) is 2.84. The van der Waals surface area contributed by atoms with E-state index in [9.17, 15) is 9.90 Å². The molecule has 0 aliphatic carbocycles. The molecule has 0 saturated heterocycles. The topological polar surface area (TPSA) is 105 Å². The molecule has 1 aromatic heterocycles. The zero-order valence-corrected chi connectivity index (χ0v) is 9.26. The maximum Gasteiger partial charge on any atom is 0.263 e. The number of hydrogen-bond acceptors (Lipinski definition) is 6. The van der Waals surface area contributed by atoms with Gasteiger partial charge in [0.25, 0.3) is 5.91 Å². The minimum atomic E-state index is -0.389. The lowest BCUT2D eigenvalue weighted by atomic mass is 10.2. The van der Waals surface area contributed by atoms with Crippen LogP contribution in [0.2, 0.25) is 0 Å². The molecule has 2 aromatic rings. The zero-order chi connectivity index (χ0) is 12.8. The number of carbonyl (C=O) groups is 1. The van der Waals surface area contributed by atoms with Crippen LogP contribution in [0.4, 0.5) is 0 Å². The molecule has 0 fully saturated rings. The first kappa shape index (κ1) is 11.7. The number of hydrazone groups is 1. The highest BCUT2D eigenvalue weighted by atomic mass is 16.3. The molecule has 0 aliphatic heterocycles. The summed E-state index contributed by atoms with van der Waals surface area (Å²) in [4.78, 5) is 12.5. The van der Waals surface area contributed by atoms with Crippen LogP contribution in [0.1, 0.15) is 5.56 Å². The third-order valence-electron chi connectivity index (χ3n) is 2.01. The van der Waals surface area contributed by atoms with Gasteiger partial charge in [0.05, 0.1) is 6.21 Å². The minimum Gasteiger partial charge on any atom is -0.507 e. The molecule has 0 atom stereocenters. The first-order valence-electron chi connectivity index (χ1n) is 5.06. The van der Waals surface area contributed by atoms with Crippen molar-refractivity contribution in [2.24, 2.45) is 5.10 Å². The van der Waals surface area contributed by atoms with Crippen LogP contribution >= 0.6 is 0 Å². The van der Waals surface area contributed by atoms with E-state index in [0.29, 0.717) is 5.56 Å². The number of hydrogen-bond donors (Lipinski definition) is 2. The van der Waals surface area contributed by atoms with E-state index in [0.717, 1.165) is 4.80 Å². The van der Waals surface area contributed by atoms with Crippen LogP contribution in [0.3, 0.4) is 0 Å². The van der Waals surface area contributed by atoms with E-state index in [1.807, 2.05) is 0 Å². The molecule has 18 heavy (non-hydrogen) atoms. The summed E-state index contributed by atoms with van der Waals surface area (Å²) in [6.07, 6.45) is 2.58. The van der Waals surface area contributed by atoms with Gasteiger partial charge in [-0.05, 0) is 17.3 Å². The van der Waals surface area contributed by atoms with Crippen LogP contribution in [-0.4, -0.2) is 37.4 Å². The van der Waals surface area contributed by atoms with Crippen molar-refractivity contribution in [1.29, 1.82) is 0 Å². The van der Waals surface area contributed by atoms with Crippen molar-refractivity contribution in [2.75, 3.05) is 0 Å². The predicted octanol–water partition coefficient (Wildman–Crippen LogP) is -0.471. The summed E-state index contributed by atoms with van der Waals surface area (Å²) in [5.74, 6) is -0.298. The molecule has 0 bridgehead atoms. The first-order valence-corrected chi connectivity index (χ1v) is 5.06. The predicted molar refractivity (Wildman–Crippen MR) is 61.7 cm³/mol. The average molecular weight is 246 g/mol. The van der Waals surface area contributed by atoms with Crippen molar-refractivity contribution >= 4 is 12.1 Å². The monoisotopic (exact) mass is 246 g/mol. The number of amides is 1. The number of nitrogens with zero attached hydrogens (tertiary/aromatic N) is 5. The number of nitrogens with one attached hydrogen (secondary N) is 1. The molecule has 0 unspecified atom stereocenters. The molecule has 2 N–H and O–H groups in total. The summed E-state index contributed by atoms with van der Waals surface area (Å²) >= 11 is 0. The Kier molecular flexibility index (Phi) is 3.59. The Labute approximate surface area is 102 Å². The van der Waals surface area contributed by atoms with Crippen molar-refractivity contribution < 1.29 is 9.90 Å². The zero-order valence-electron chi connectivity index (χ0n) is 9.26. The van der Waals surface area contributed by atoms with Crippen LogP contribution in [0, 0.1) is 0 Å². The van der Waals surface area contributed by atoms with Crippen molar-refractivity contribution in [3.8, 4) is 5.75 Å². The van der Waals surface area contributed by atoms with Crippen LogP contribution in [-0.2, 0) is 11.3 Å². The van der Waals surface area contributed by atoms with E-state index in [2.05, 4.69) is 25.9 Å². The summed E-state index contributed by atoms with van der Waals surface area (Å²) in [7, 11) is 0. The first-order chi connectivity index (χ1) is 8.75. The van der Waals surface area contributed by atoms with Crippen molar-refractivity contribution in [1.82, 2.24) is 25.6 Å². The van der Waals surface area contributed by atoms with Gasteiger partial charge in [-0.3, -0.25) is 4.79 Å². The van der Waals surface area contributed by atoms with Gasteiger partial charge in [0.15, 0.2) is 6.33 Å². The van der Waals surface area contributed by atoms with Gasteiger partial charge in [0.2, 0.25) is 0 Å². The number of tetrazole rings is 1. The second-order valence-electron chi connectivity index (χ2n) is 3.32. The normalized spacial score (nSPS) is 10.7. The molecular formula is C10H10N6O2. The maximum atomic E-state index is 11.4. The molecule has 92 valence electrons. The summed E-state index contributed by atoms with van der Waals surface area (Å²) in [5, 5.41) is 23.8. The van der Waals surface area contributed by atoms with E-state index in [-0.39, 0.29) is 18.2 Å². The number of carbonyl (C=O) groups excluding carboxylic acids is 1. The van der Waals surface area contributed by atoms with Gasteiger partial charge < -0.3 is 5.11 Å². The largest absolute Gasteiger partial charge is 0.507 e. The highest BCUT2D eigenvalue weighted by Crippen LogP contribution is 2.12. The molecule has 2 rings (SSSR count). The smallest absolute Gasteiger partial charge is 0.263 e. The van der Waals surface area contributed by atoms with E-state index in [4.69, 9.17) is 0 Å². The molecule has 8 heteroatoms. The molecule has 1 heterocycles. The Morgan fingerprint density at radius 2 is 2.33 bits per heavy atom. The number of benzene rings is 1. The Morgan fingerprint density at radius 3 is 3.06 bits per heavy atom. The molecule has 0 saturated carbocycles. The quantitative estimate of drug-likeness (QED) is 0.560. The molecule has 0 aliphatic rings. The third-order valence-corrected chi connectivity index (χ3v) is 2.01. The fourth-order valence-electron chi connectivity index (χ4n) is 1.20. The Morgan fingerprint density at radius 1 is 1.50 bits per heavy atom. The molecule has 8 nitrogen and oxygen atoms in total. The number of rotatable bonds is 4. The van der Waals surface area contributed by atoms with Crippen LogP contribution < -0.4 is 5.43 Å². The third kappa shape index (κ3) is 3.11. The van der Waals surface area contributed by atoms with Gasteiger partial charge in [-0.15, -0.1) is 10.2 Å². The summed E-state index contributed by atoms with van der Waals surface area (Å²) in [6, 6.07) is 6.65. The van der Waals surface area contributed by atoms with Crippen molar-refractivity contribution in [3.05, 3.63) is 36.2 Å². The minimum absolute atomic E-state index is 0.0713. The lowest BCUT2D eigenvalue weighted by Crippen LogP contribution is -2.24. The molecule has 1 aromatic carbocycles. The second-order valence-corrected chi connectivity index (χ2v) is 3.32. The number of phenolic OH excluding ortho intramolecular Hbond substituents is 1. The maximum absolute atomic E-state index is 11.4. The standard InChI is InChI=1S/C10H10N6O2/c17-9-4-2-1-3-8(9)5-11-14-10(18)6-16-13-7-12-15-16/h1-5,7,17H,6H2,(H,14,18)/b11-5+. The number of phenols is 1. The number of aromatic nitrogens is 4. The molecule has 0 spiro atoms. The molecular weight excluding hydrogens is 236 g/mol. The number of aromatic hydroxyl groups is 1. The fourth-order valence-corrected chi connectivity index (χ4v) is 1.20. The van der Waals surface area contributed by atoms with Gasteiger partial charge in [0, 0.05) is 5.56 Å². The van der Waals surface area contributed by atoms with Crippen molar-refractivity contribution in [3.63, 3.8) is 0 Å². The lowest BCUT2D eigenvalue weighted by Gasteiger charge is -1.99. The summed E-state index contributed by atoms with van der Waals surface area (Å²) < 4.78 is 0. The Hall–Kier alpha value is -2.77. The van der Waals surface area contributed by atoms with Crippen LogP contribution in [0.15, 0.2) is 35.7 Å². The Balaban J connectivity index is 1.88. The second kappa shape index (κ2) is 5.53. The summed E-state index contributed by atoms with van der Waals surface area (Å²) in [5.41, 5.74) is 2.80. The van der Waals surface area contributed by atoms with Gasteiger partial charge in [-0.25, -0.2) is 5.43 Å². The Bertz CT molecular complexity index is 551. The van der Waals surface area contributed by atoms with E-state index < -0.39 is 0 Å². The van der Waals surface area contributed by atoms with E-state index in [1.54, 1.807) is 18.2 Å². The van der Waals surface area contributed by atoms with E-state index in [1.165, 1.54) is 18.6 Å². The fraction of sp³-hybridized carbons (Fsp3) is 0.100. The highest BCUT2D eigenvalue weighted by molar-refractivity contribution is 5.84. The van der Waals surface area contributed by atoms with E-state index >= 15 is 0 Å². The van der Waals surface area contributed by atoms with Crippen LogP contribution in [0.5, 0.6) is 5.75 Å². The molecule has 0 radical (unpaired) electrons. The number of para-hydroxylation sites is 1. The van der Waals surface area contributed by atoms with Crippen LogP contribution in [0.25, 0.3) is 0 Å². The lowest BCUT2D eigenvalue weighted by molar-refractivity contribution is -0.122. The SMILES string of the molecule is O=C(Cn1ncnn1)N/N=C/c1ccccc1O.